The number of carbonyl (C=O) groups is 1. The molecule has 0 radical (unpaired) electrons. The van der Waals surface area contributed by atoms with Crippen molar-refractivity contribution in [2.45, 2.75) is 9.79 Å². The molecule has 3 aromatic carbocycles. The molecule has 31 heavy (non-hydrogen) atoms. The third kappa shape index (κ3) is 4.78. The van der Waals surface area contributed by atoms with Gasteiger partial charge in [-0.1, -0.05) is 18.2 Å². The van der Waals surface area contributed by atoms with Crippen molar-refractivity contribution >= 4 is 39.1 Å². The van der Waals surface area contributed by atoms with Crippen LogP contribution < -0.4 is 19.5 Å². The monoisotopic (exact) mass is 456 g/mol. The second kappa shape index (κ2) is 8.91. The predicted octanol–water partition coefficient (Wildman–Crippen LogP) is 4.23. The molecule has 7 nitrogen and oxygen atoms in total. The van der Waals surface area contributed by atoms with Crippen LogP contribution in [0.1, 0.15) is 10.4 Å². The van der Waals surface area contributed by atoms with E-state index in [4.69, 9.17) is 9.47 Å². The summed E-state index contributed by atoms with van der Waals surface area (Å²) in [4.78, 5) is 13.6. The molecule has 0 spiro atoms. The third-order valence-corrected chi connectivity index (χ3v) is 6.74. The minimum atomic E-state index is -3.75. The van der Waals surface area contributed by atoms with Crippen molar-refractivity contribution < 1.29 is 22.7 Å². The summed E-state index contributed by atoms with van der Waals surface area (Å²) >= 11 is 1.47. The standard InChI is InChI=1S/C22H20N2O5S2/c1-30-21-14-20-19(28-11-12-29-20)13-18(21)23-22(25)15-7-9-17(10-8-15)31(26,27)24-16-5-3-2-4-6-16/h2-10,13-14,24H,11-12H2,1H3,(H,23,25). The first-order valence-electron chi connectivity index (χ1n) is 9.43. The molecule has 1 heterocycles. The lowest BCUT2D eigenvalue weighted by molar-refractivity contribution is 0.102. The topological polar surface area (TPSA) is 93.7 Å². The maximum absolute atomic E-state index is 12.7. The number of hydrogen-bond acceptors (Lipinski definition) is 6. The van der Waals surface area contributed by atoms with Gasteiger partial charge in [0.15, 0.2) is 11.5 Å². The molecule has 0 saturated heterocycles. The Morgan fingerprint density at radius 2 is 1.58 bits per heavy atom. The predicted molar refractivity (Wildman–Crippen MR) is 121 cm³/mol. The number of fused-ring (bicyclic) bond motifs is 1. The van der Waals surface area contributed by atoms with E-state index in [-0.39, 0.29) is 10.8 Å². The molecule has 0 saturated carbocycles. The van der Waals surface area contributed by atoms with Crippen molar-refractivity contribution in [2.24, 2.45) is 0 Å². The van der Waals surface area contributed by atoms with Crippen molar-refractivity contribution in [2.75, 3.05) is 29.5 Å². The van der Waals surface area contributed by atoms with Crippen LogP contribution in [0.15, 0.2) is 76.5 Å². The van der Waals surface area contributed by atoms with Crippen LogP contribution in [0.2, 0.25) is 0 Å². The Labute approximate surface area is 184 Å². The first-order chi connectivity index (χ1) is 15.0. The molecule has 9 heteroatoms. The molecule has 1 amide bonds. The number of ether oxygens (including phenoxy) is 2. The molecular formula is C22H20N2O5S2. The number of carbonyl (C=O) groups excluding carboxylic acids is 1. The van der Waals surface area contributed by atoms with E-state index in [0.29, 0.717) is 41.7 Å². The second-order valence-corrected chi connectivity index (χ2v) is 9.18. The van der Waals surface area contributed by atoms with Gasteiger partial charge in [-0.15, -0.1) is 11.8 Å². The highest BCUT2D eigenvalue weighted by molar-refractivity contribution is 7.98. The first kappa shape index (κ1) is 21.1. The summed E-state index contributed by atoms with van der Waals surface area (Å²) < 4.78 is 38.8. The maximum Gasteiger partial charge on any atom is 0.261 e. The summed E-state index contributed by atoms with van der Waals surface area (Å²) in [6, 6.07) is 17.9. The fraction of sp³-hybridized carbons (Fsp3) is 0.136. The molecular weight excluding hydrogens is 436 g/mol. The minimum Gasteiger partial charge on any atom is -0.486 e. The normalized spacial score (nSPS) is 12.8. The smallest absolute Gasteiger partial charge is 0.261 e. The fourth-order valence-corrected chi connectivity index (χ4v) is 4.65. The van der Waals surface area contributed by atoms with Gasteiger partial charge in [-0.05, 0) is 48.7 Å². The second-order valence-electron chi connectivity index (χ2n) is 6.65. The Balaban J connectivity index is 1.51. The SMILES string of the molecule is CSc1cc2c(cc1NC(=O)c1ccc(S(=O)(=O)Nc3ccccc3)cc1)OCCO2. The van der Waals surface area contributed by atoms with Crippen molar-refractivity contribution in [1.82, 2.24) is 0 Å². The number of anilines is 2. The van der Waals surface area contributed by atoms with E-state index < -0.39 is 10.0 Å². The van der Waals surface area contributed by atoms with E-state index in [1.165, 1.54) is 36.0 Å². The lowest BCUT2D eigenvalue weighted by Crippen LogP contribution is -2.17. The molecule has 3 aromatic rings. The van der Waals surface area contributed by atoms with Gasteiger partial charge >= 0.3 is 0 Å². The lowest BCUT2D eigenvalue weighted by Gasteiger charge is -2.21. The van der Waals surface area contributed by atoms with E-state index in [2.05, 4.69) is 10.0 Å². The van der Waals surface area contributed by atoms with Crippen LogP contribution in [-0.2, 0) is 10.0 Å². The van der Waals surface area contributed by atoms with E-state index in [1.807, 2.05) is 12.3 Å². The number of rotatable bonds is 6. The molecule has 160 valence electrons. The molecule has 4 rings (SSSR count). The Bertz CT molecular complexity index is 1200. The number of amides is 1. The average Bonchev–Trinajstić information content (AvgIpc) is 2.79. The van der Waals surface area contributed by atoms with Gasteiger partial charge in [0.2, 0.25) is 0 Å². The summed E-state index contributed by atoms with van der Waals surface area (Å²) in [5, 5.41) is 2.87. The third-order valence-electron chi connectivity index (χ3n) is 4.57. The summed E-state index contributed by atoms with van der Waals surface area (Å²) in [6.45, 7) is 0.937. The quantitative estimate of drug-likeness (QED) is 0.539. The first-order valence-corrected chi connectivity index (χ1v) is 12.1. The van der Waals surface area contributed by atoms with Gasteiger partial charge in [0, 0.05) is 22.2 Å². The number of para-hydroxylation sites is 1. The van der Waals surface area contributed by atoms with E-state index >= 15 is 0 Å². The number of benzene rings is 3. The van der Waals surface area contributed by atoms with Gasteiger partial charge in [0.05, 0.1) is 10.6 Å². The van der Waals surface area contributed by atoms with Crippen molar-refractivity contribution in [1.29, 1.82) is 0 Å². The number of nitrogens with one attached hydrogen (secondary N) is 2. The zero-order valence-corrected chi connectivity index (χ0v) is 18.3. The molecule has 0 unspecified atom stereocenters. The molecule has 0 aromatic heterocycles. The van der Waals surface area contributed by atoms with Gasteiger partial charge in [-0.25, -0.2) is 8.42 Å². The summed E-state index contributed by atoms with van der Waals surface area (Å²) in [7, 11) is -3.75. The Kier molecular flexibility index (Phi) is 6.06. The van der Waals surface area contributed by atoms with Crippen molar-refractivity contribution in [3.8, 4) is 11.5 Å². The Hall–Kier alpha value is -3.17. The van der Waals surface area contributed by atoms with E-state index in [9.17, 15) is 13.2 Å². The zero-order valence-electron chi connectivity index (χ0n) is 16.6. The van der Waals surface area contributed by atoms with Crippen molar-refractivity contribution in [3.63, 3.8) is 0 Å². The molecule has 1 aliphatic heterocycles. The number of sulfonamides is 1. The Morgan fingerprint density at radius 3 is 2.23 bits per heavy atom. The van der Waals surface area contributed by atoms with Gasteiger partial charge < -0.3 is 14.8 Å². The van der Waals surface area contributed by atoms with Crippen LogP contribution in [-0.4, -0.2) is 33.8 Å². The van der Waals surface area contributed by atoms with Crippen LogP contribution >= 0.6 is 11.8 Å². The Morgan fingerprint density at radius 1 is 0.935 bits per heavy atom. The van der Waals surface area contributed by atoms with Crippen molar-refractivity contribution in [3.05, 3.63) is 72.3 Å². The molecule has 0 bridgehead atoms. The molecule has 1 aliphatic rings. The van der Waals surface area contributed by atoms with E-state index in [1.54, 1.807) is 36.4 Å². The van der Waals surface area contributed by atoms with Gasteiger partial charge in [0.25, 0.3) is 15.9 Å². The summed E-state index contributed by atoms with van der Waals surface area (Å²) in [5.74, 6) is 0.869. The van der Waals surface area contributed by atoms with Crippen LogP contribution in [0.3, 0.4) is 0 Å². The maximum atomic E-state index is 12.7. The summed E-state index contributed by atoms with van der Waals surface area (Å²) in [6.07, 6.45) is 1.90. The molecule has 0 atom stereocenters. The highest BCUT2D eigenvalue weighted by Gasteiger charge is 2.19. The van der Waals surface area contributed by atoms with Gasteiger partial charge in [-0.2, -0.15) is 0 Å². The highest BCUT2D eigenvalue weighted by atomic mass is 32.2. The van der Waals surface area contributed by atoms with Gasteiger partial charge in [-0.3, -0.25) is 9.52 Å². The highest BCUT2D eigenvalue weighted by Crippen LogP contribution is 2.39. The molecule has 0 fully saturated rings. The zero-order chi connectivity index (χ0) is 21.8. The fourth-order valence-electron chi connectivity index (χ4n) is 3.04. The minimum absolute atomic E-state index is 0.0667. The van der Waals surface area contributed by atoms with Crippen LogP contribution in [0, 0.1) is 0 Å². The number of thioether (sulfide) groups is 1. The largest absolute Gasteiger partial charge is 0.486 e. The lowest BCUT2D eigenvalue weighted by atomic mass is 10.2. The molecule has 0 aliphatic carbocycles. The summed E-state index contributed by atoms with van der Waals surface area (Å²) in [5.41, 5.74) is 1.40. The average molecular weight is 457 g/mol. The van der Waals surface area contributed by atoms with Crippen LogP contribution in [0.5, 0.6) is 11.5 Å². The van der Waals surface area contributed by atoms with Crippen LogP contribution in [0.4, 0.5) is 11.4 Å². The van der Waals surface area contributed by atoms with Crippen LogP contribution in [0.25, 0.3) is 0 Å². The molecule has 2 N–H and O–H groups in total. The number of hydrogen-bond donors (Lipinski definition) is 2. The van der Waals surface area contributed by atoms with E-state index in [0.717, 1.165) is 4.90 Å². The van der Waals surface area contributed by atoms with Gasteiger partial charge in [0.1, 0.15) is 13.2 Å².